The van der Waals surface area contributed by atoms with Crippen molar-refractivity contribution in [2.75, 3.05) is 14.1 Å². The van der Waals surface area contributed by atoms with Gasteiger partial charge in [0, 0.05) is 24.5 Å². The molecule has 0 saturated heterocycles. The van der Waals surface area contributed by atoms with E-state index in [0.717, 1.165) is 21.5 Å². The zero-order chi connectivity index (χ0) is 15.0. The number of amides is 1. The van der Waals surface area contributed by atoms with Gasteiger partial charge in [-0.2, -0.15) is 0 Å². The smallest absolute Gasteiger partial charge is 0.263 e. The monoisotopic (exact) mass is 316 g/mol. The number of nitrogens with zero attached hydrogens (tertiary/aromatic N) is 2. The zero-order valence-electron chi connectivity index (χ0n) is 11.6. The number of hydrogen-bond donors (Lipinski definition) is 0. The first-order valence-electron chi connectivity index (χ1n) is 6.43. The van der Waals surface area contributed by atoms with Crippen LogP contribution in [0.25, 0.3) is 21.5 Å². The number of thiophene rings is 1. The first-order valence-corrected chi connectivity index (χ1v) is 7.62. The van der Waals surface area contributed by atoms with E-state index in [4.69, 9.17) is 11.6 Å². The molecule has 0 spiro atoms. The molecule has 0 aliphatic carbocycles. The molecule has 2 aromatic heterocycles. The van der Waals surface area contributed by atoms with Crippen LogP contribution in [0.3, 0.4) is 0 Å². The molecular formula is C16H13ClN2OS. The van der Waals surface area contributed by atoms with E-state index in [0.29, 0.717) is 9.90 Å². The highest BCUT2D eigenvalue weighted by atomic mass is 35.5. The molecule has 1 aromatic carbocycles. The van der Waals surface area contributed by atoms with Crippen molar-refractivity contribution >= 4 is 39.7 Å². The Morgan fingerprint density at radius 2 is 1.95 bits per heavy atom. The van der Waals surface area contributed by atoms with Crippen molar-refractivity contribution in [1.29, 1.82) is 0 Å². The number of halogens is 1. The summed E-state index contributed by atoms with van der Waals surface area (Å²) < 4.78 is 0. The number of pyridine rings is 1. The van der Waals surface area contributed by atoms with Gasteiger partial charge in [0.05, 0.1) is 21.0 Å². The van der Waals surface area contributed by atoms with Crippen LogP contribution in [0.5, 0.6) is 0 Å². The highest BCUT2D eigenvalue weighted by Crippen LogP contribution is 2.29. The highest BCUT2D eigenvalue weighted by Gasteiger charge is 2.12. The molecule has 0 bridgehead atoms. The number of aromatic nitrogens is 1. The van der Waals surface area contributed by atoms with Crippen molar-refractivity contribution in [2.24, 2.45) is 0 Å². The second-order valence-electron chi connectivity index (χ2n) is 4.90. The summed E-state index contributed by atoms with van der Waals surface area (Å²) in [6.45, 7) is 0. The van der Waals surface area contributed by atoms with Crippen LogP contribution in [-0.4, -0.2) is 29.9 Å². The first kappa shape index (κ1) is 14.0. The fourth-order valence-electron chi connectivity index (χ4n) is 2.04. The number of carbonyl (C=O) groups excluding carboxylic acids is 1. The topological polar surface area (TPSA) is 33.2 Å². The summed E-state index contributed by atoms with van der Waals surface area (Å²) in [4.78, 5) is 19.8. The molecule has 0 fully saturated rings. The summed E-state index contributed by atoms with van der Waals surface area (Å²) in [5.74, 6) is 0.0128. The normalized spacial score (nSPS) is 10.8. The maximum absolute atomic E-state index is 11.9. The van der Waals surface area contributed by atoms with Gasteiger partial charge in [-0.25, -0.2) is 4.98 Å². The third-order valence-corrected chi connectivity index (χ3v) is 4.46. The molecule has 0 saturated carbocycles. The average molecular weight is 317 g/mol. The maximum Gasteiger partial charge on any atom is 0.263 e. The molecule has 0 radical (unpaired) electrons. The van der Waals surface area contributed by atoms with Gasteiger partial charge in [0.25, 0.3) is 5.91 Å². The van der Waals surface area contributed by atoms with Crippen LogP contribution in [0.15, 0.2) is 42.5 Å². The second kappa shape index (κ2) is 5.47. The number of benzene rings is 1. The molecule has 1 amide bonds. The van der Waals surface area contributed by atoms with E-state index < -0.39 is 0 Å². The Morgan fingerprint density at radius 3 is 2.71 bits per heavy atom. The van der Waals surface area contributed by atoms with Crippen LogP contribution in [0.1, 0.15) is 9.67 Å². The van der Waals surface area contributed by atoms with Crippen LogP contribution >= 0.6 is 22.9 Å². The van der Waals surface area contributed by atoms with Crippen molar-refractivity contribution in [3.05, 3.63) is 52.4 Å². The second-order valence-corrected chi connectivity index (χ2v) is 6.42. The molecular weight excluding hydrogens is 304 g/mol. The van der Waals surface area contributed by atoms with Crippen LogP contribution < -0.4 is 0 Å². The lowest BCUT2D eigenvalue weighted by molar-refractivity contribution is 0.0832. The Balaban J connectivity index is 2.01. The van der Waals surface area contributed by atoms with Gasteiger partial charge in [0.1, 0.15) is 0 Å². The fourth-order valence-corrected chi connectivity index (χ4v) is 3.22. The van der Waals surface area contributed by atoms with Gasteiger partial charge in [0.15, 0.2) is 0 Å². The average Bonchev–Trinajstić information content (AvgIpc) is 2.95. The minimum Gasteiger partial charge on any atom is -0.344 e. The first-order chi connectivity index (χ1) is 10.0. The Bertz CT molecular complexity index is 826. The standard InChI is InChI=1S/C16H13ClN2OS/c1-19(2)16(20)15-8-7-14(21-15)13-5-3-10-9-11(17)4-6-12(10)18-13/h3-9H,1-2H3. The minimum atomic E-state index is 0.0128. The quantitative estimate of drug-likeness (QED) is 0.705. The molecule has 3 rings (SSSR count). The number of fused-ring (bicyclic) bond motifs is 1. The van der Waals surface area contributed by atoms with E-state index in [1.54, 1.807) is 19.0 Å². The number of carbonyl (C=O) groups is 1. The SMILES string of the molecule is CN(C)C(=O)c1ccc(-c2ccc3cc(Cl)ccc3n2)s1. The van der Waals surface area contributed by atoms with Crippen molar-refractivity contribution in [3.8, 4) is 10.6 Å². The summed E-state index contributed by atoms with van der Waals surface area (Å²) in [7, 11) is 3.50. The molecule has 106 valence electrons. The third-order valence-electron chi connectivity index (χ3n) is 3.13. The molecule has 3 aromatic rings. The zero-order valence-corrected chi connectivity index (χ0v) is 13.2. The van der Waals surface area contributed by atoms with Crippen molar-refractivity contribution in [3.63, 3.8) is 0 Å². The molecule has 0 N–H and O–H groups in total. The molecule has 21 heavy (non-hydrogen) atoms. The van der Waals surface area contributed by atoms with E-state index in [9.17, 15) is 4.79 Å². The number of hydrogen-bond acceptors (Lipinski definition) is 3. The van der Waals surface area contributed by atoms with Gasteiger partial charge in [0.2, 0.25) is 0 Å². The van der Waals surface area contributed by atoms with Gasteiger partial charge in [-0.3, -0.25) is 4.79 Å². The van der Waals surface area contributed by atoms with Crippen LogP contribution in [0.2, 0.25) is 5.02 Å². The summed E-state index contributed by atoms with van der Waals surface area (Å²) in [6.07, 6.45) is 0. The number of rotatable bonds is 2. The summed E-state index contributed by atoms with van der Waals surface area (Å²) in [6, 6.07) is 13.4. The molecule has 0 aliphatic rings. The van der Waals surface area contributed by atoms with Gasteiger partial charge in [-0.15, -0.1) is 11.3 Å². The molecule has 3 nitrogen and oxygen atoms in total. The van der Waals surface area contributed by atoms with Gasteiger partial charge < -0.3 is 4.90 Å². The van der Waals surface area contributed by atoms with Crippen molar-refractivity contribution < 1.29 is 4.79 Å². The lowest BCUT2D eigenvalue weighted by Gasteiger charge is -2.07. The van der Waals surface area contributed by atoms with Crippen molar-refractivity contribution in [2.45, 2.75) is 0 Å². The predicted molar refractivity (Wildman–Crippen MR) is 88.1 cm³/mol. The fraction of sp³-hybridized carbons (Fsp3) is 0.125. The van der Waals surface area contributed by atoms with Gasteiger partial charge in [-0.05, 0) is 36.4 Å². The molecule has 0 atom stereocenters. The van der Waals surface area contributed by atoms with Gasteiger partial charge in [-0.1, -0.05) is 17.7 Å². The Kier molecular flexibility index (Phi) is 3.66. The van der Waals surface area contributed by atoms with Crippen LogP contribution in [0, 0.1) is 0 Å². The molecule has 0 aliphatic heterocycles. The van der Waals surface area contributed by atoms with Crippen LogP contribution in [0.4, 0.5) is 0 Å². The molecule has 5 heteroatoms. The third kappa shape index (κ3) is 2.77. The van der Waals surface area contributed by atoms with E-state index >= 15 is 0 Å². The maximum atomic E-state index is 11.9. The minimum absolute atomic E-state index is 0.0128. The van der Waals surface area contributed by atoms with E-state index in [1.165, 1.54) is 11.3 Å². The molecule has 2 heterocycles. The molecule has 0 unspecified atom stereocenters. The van der Waals surface area contributed by atoms with Gasteiger partial charge >= 0.3 is 0 Å². The largest absolute Gasteiger partial charge is 0.344 e. The lowest BCUT2D eigenvalue weighted by atomic mass is 10.2. The highest BCUT2D eigenvalue weighted by molar-refractivity contribution is 7.17. The summed E-state index contributed by atoms with van der Waals surface area (Å²) in [5, 5.41) is 1.71. The lowest BCUT2D eigenvalue weighted by Crippen LogP contribution is -2.20. The van der Waals surface area contributed by atoms with E-state index in [1.807, 2.05) is 42.5 Å². The summed E-state index contributed by atoms with van der Waals surface area (Å²) >= 11 is 7.43. The Morgan fingerprint density at radius 1 is 1.14 bits per heavy atom. The Labute approximate surface area is 131 Å². The summed E-state index contributed by atoms with van der Waals surface area (Å²) in [5.41, 5.74) is 1.76. The predicted octanol–water partition coefficient (Wildman–Crippen LogP) is 4.32. The van der Waals surface area contributed by atoms with E-state index in [2.05, 4.69) is 4.98 Å². The van der Waals surface area contributed by atoms with Crippen LogP contribution in [-0.2, 0) is 0 Å². The van der Waals surface area contributed by atoms with Crippen molar-refractivity contribution in [1.82, 2.24) is 9.88 Å². The van der Waals surface area contributed by atoms with E-state index in [-0.39, 0.29) is 5.91 Å². The Hall–Kier alpha value is -1.91.